The number of hydrogen-bond acceptors (Lipinski definition) is 5. The van der Waals surface area contributed by atoms with Crippen LogP contribution < -0.4 is 10.2 Å². The lowest BCUT2D eigenvalue weighted by molar-refractivity contribution is -0.120. The second kappa shape index (κ2) is 8.93. The van der Waals surface area contributed by atoms with E-state index in [4.69, 9.17) is 0 Å². The first-order chi connectivity index (χ1) is 14.7. The predicted molar refractivity (Wildman–Crippen MR) is 119 cm³/mol. The standard InChI is InChI=1S/C24H25N5O/c1-18(24(30)27-22-10-4-9-21-20(22)8-5-12-26-21)28-13-6-14-29(16-15-28)23-11-3-2-7-19(23)17-25/h2-5,7-12,18H,6,13-16H2,1H3,(H,27,30)/t18-/m1/s1. The summed E-state index contributed by atoms with van der Waals surface area (Å²) < 4.78 is 0. The number of hydrogen-bond donors (Lipinski definition) is 1. The lowest BCUT2D eigenvalue weighted by atomic mass is 10.1. The molecule has 30 heavy (non-hydrogen) atoms. The molecule has 1 aliphatic rings. The van der Waals surface area contributed by atoms with E-state index in [0.29, 0.717) is 5.56 Å². The Balaban J connectivity index is 1.44. The normalized spacial score (nSPS) is 15.9. The van der Waals surface area contributed by atoms with Crippen molar-refractivity contribution in [1.82, 2.24) is 9.88 Å². The van der Waals surface area contributed by atoms with E-state index in [0.717, 1.165) is 54.9 Å². The molecule has 1 aromatic heterocycles. The summed E-state index contributed by atoms with van der Waals surface area (Å²) in [6.07, 6.45) is 2.69. The Labute approximate surface area is 176 Å². The van der Waals surface area contributed by atoms with Crippen LogP contribution >= 0.6 is 0 Å². The van der Waals surface area contributed by atoms with Gasteiger partial charge in [0.2, 0.25) is 5.91 Å². The summed E-state index contributed by atoms with van der Waals surface area (Å²) >= 11 is 0. The molecule has 0 radical (unpaired) electrons. The number of benzene rings is 2. The van der Waals surface area contributed by atoms with E-state index in [9.17, 15) is 10.1 Å². The predicted octanol–water partition coefficient (Wildman–Crippen LogP) is 3.65. The summed E-state index contributed by atoms with van der Waals surface area (Å²) in [5.41, 5.74) is 3.32. The van der Waals surface area contributed by atoms with Gasteiger partial charge in [0.05, 0.1) is 28.5 Å². The van der Waals surface area contributed by atoms with Gasteiger partial charge in [-0.1, -0.05) is 18.2 Å². The summed E-state index contributed by atoms with van der Waals surface area (Å²) in [7, 11) is 0. The Kier molecular flexibility index (Phi) is 5.92. The van der Waals surface area contributed by atoms with Gasteiger partial charge in [0.1, 0.15) is 6.07 Å². The number of nitriles is 1. The molecule has 6 nitrogen and oxygen atoms in total. The van der Waals surface area contributed by atoms with Crippen LogP contribution in [0.2, 0.25) is 0 Å². The number of carbonyl (C=O) groups is 1. The van der Waals surface area contributed by atoms with Crippen LogP contribution in [0.5, 0.6) is 0 Å². The Bertz CT molecular complexity index is 1080. The second-order valence-corrected chi connectivity index (χ2v) is 7.55. The van der Waals surface area contributed by atoms with E-state index in [1.165, 1.54) is 0 Å². The van der Waals surface area contributed by atoms with Crippen LogP contribution in [0.15, 0.2) is 60.8 Å². The largest absolute Gasteiger partial charge is 0.369 e. The summed E-state index contributed by atoms with van der Waals surface area (Å²) in [4.78, 5) is 21.8. The molecule has 3 aromatic rings. The molecule has 0 spiro atoms. The highest BCUT2D eigenvalue weighted by Crippen LogP contribution is 2.23. The molecule has 1 aliphatic heterocycles. The Hall–Kier alpha value is -3.43. The molecule has 1 atom stereocenters. The van der Waals surface area contributed by atoms with Gasteiger partial charge in [-0.2, -0.15) is 5.26 Å². The van der Waals surface area contributed by atoms with Gasteiger partial charge in [0.15, 0.2) is 0 Å². The van der Waals surface area contributed by atoms with Crippen molar-refractivity contribution in [3.63, 3.8) is 0 Å². The molecular weight excluding hydrogens is 374 g/mol. The minimum Gasteiger partial charge on any atom is -0.369 e. The zero-order valence-corrected chi connectivity index (χ0v) is 17.1. The average molecular weight is 399 g/mol. The maximum atomic E-state index is 13.0. The van der Waals surface area contributed by atoms with Crippen molar-refractivity contribution < 1.29 is 4.79 Å². The van der Waals surface area contributed by atoms with Gasteiger partial charge >= 0.3 is 0 Å². The number of para-hydroxylation sites is 1. The molecule has 152 valence electrons. The molecule has 2 aromatic carbocycles. The fourth-order valence-corrected chi connectivity index (χ4v) is 4.02. The van der Waals surface area contributed by atoms with Gasteiger partial charge in [-0.3, -0.25) is 14.7 Å². The highest BCUT2D eigenvalue weighted by Gasteiger charge is 2.25. The van der Waals surface area contributed by atoms with E-state index in [-0.39, 0.29) is 11.9 Å². The van der Waals surface area contributed by atoms with Crippen LogP contribution in [0.25, 0.3) is 10.9 Å². The SMILES string of the molecule is C[C@H](C(=O)Nc1cccc2ncccc12)N1CCCN(c2ccccc2C#N)CC1. The Morgan fingerprint density at radius 1 is 1.07 bits per heavy atom. The number of rotatable bonds is 4. The van der Waals surface area contributed by atoms with E-state index < -0.39 is 0 Å². The molecule has 0 bridgehead atoms. The topological polar surface area (TPSA) is 72.3 Å². The molecule has 1 amide bonds. The molecule has 4 rings (SSSR count). The number of amides is 1. The first-order valence-corrected chi connectivity index (χ1v) is 10.3. The number of anilines is 2. The Morgan fingerprint density at radius 3 is 2.80 bits per heavy atom. The fraction of sp³-hybridized carbons (Fsp3) is 0.292. The summed E-state index contributed by atoms with van der Waals surface area (Å²) in [5.74, 6) is -0.0165. The molecule has 0 unspecified atom stereocenters. The van der Waals surface area contributed by atoms with E-state index in [1.54, 1.807) is 6.20 Å². The van der Waals surface area contributed by atoms with E-state index in [1.807, 2.05) is 61.5 Å². The number of nitrogens with zero attached hydrogens (tertiary/aromatic N) is 4. The number of carbonyl (C=O) groups excluding carboxylic acids is 1. The van der Waals surface area contributed by atoms with Crippen molar-refractivity contribution in [2.75, 3.05) is 36.4 Å². The van der Waals surface area contributed by atoms with Gasteiger partial charge in [-0.05, 0) is 49.7 Å². The van der Waals surface area contributed by atoms with Crippen molar-refractivity contribution in [1.29, 1.82) is 5.26 Å². The fourth-order valence-electron chi connectivity index (χ4n) is 4.02. The van der Waals surface area contributed by atoms with Gasteiger partial charge in [-0.25, -0.2) is 0 Å². The number of fused-ring (bicyclic) bond motifs is 1. The molecular formula is C24H25N5O. The first kappa shape index (κ1) is 19.9. The monoisotopic (exact) mass is 399 g/mol. The zero-order valence-electron chi connectivity index (χ0n) is 17.1. The lowest BCUT2D eigenvalue weighted by Gasteiger charge is -2.27. The summed E-state index contributed by atoms with van der Waals surface area (Å²) in [5, 5.41) is 13.4. The highest BCUT2D eigenvalue weighted by atomic mass is 16.2. The number of pyridine rings is 1. The maximum Gasteiger partial charge on any atom is 0.241 e. The van der Waals surface area contributed by atoms with Crippen molar-refractivity contribution in [2.24, 2.45) is 0 Å². The number of aromatic nitrogens is 1. The molecule has 0 aliphatic carbocycles. The quantitative estimate of drug-likeness (QED) is 0.725. The molecule has 6 heteroatoms. The van der Waals surface area contributed by atoms with Crippen LogP contribution in [-0.4, -0.2) is 48.0 Å². The van der Waals surface area contributed by atoms with Gasteiger partial charge in [0.25, 0.3) is 0 Å². The highest BCUT2D eigenvalue weighted by molar-refractivity contribution is 6.02. The van der Waals surface area contributed by atoms with Gasteiger partial charge < -0.3 is 10.2 Å². The smallest absolute Gasteiger partial charge is 0.241 e. The third-order valence-corrected chi connectivity index (χ3v) is 5.73. The first-order valence-electron chi connectivity index (χ1n) is 10.3. The van der Waals surface area contributed by atoms with Gasteiger partial charge in [0, 0.05) is 37.8 Å². The molecule has 1 N–H and O–H groups in total. The summed E-state index contributed by atoms with van der Waals surface area (Å²) in [6.45, 7) is 5.23. The van der Waals surface area contributed by atoms with Crippen LogP contribution in [0, 0.1) is 11.3 Å². The second-order valence-electron chi connectivity index (χ2n) is 7.55. The molecule has 0 saturated carbocycles. The summed E-state index contributed by atoms with van der Waals surface area (Å²) in [6, 6.07) is 19.4. The number of nitrogens with one attached hydrogen (secondary N) is 1. The third kappa shape index (κ3) is 4.12. The molecule has 1 saturated heterocycles. The van der Waals surface area contributed by atoms with E-state index >= 15 is 0 Å². The molecule has 2 heterocycles. The minimum absolute atomic E-state index is 0.0165. The van der Waals surface area contributed by atoms with Crippen LogP contribution in [0.1, 0.15) is 18.9 Å². The van der Waals surface area contributed by atoms with Gasteiger partial charge in [-0.15, -0.1) is 0 Å². The van der Waals surface area contributed by atoms with Crippen LogP contribution in [0.3, 0.4) is 0 Å². The van der Waals surface area contributed by atoms with Crippen molar-refractivity contribution in [2.45, 2.75) is 19.4 Å². The third-order valence-electron chi connectivity index (χ3n) is 5.73. The van der Waals surface area contributed by atoms with Crippen molar-refractivity contribution in [3.05, 3.63) is 66.4 Å². The Morgan fingerprint density at radius 2 is 1.93 bits per heavy atom. The minimum atomic E-state index is -0.247. The lowest BCUT2D eigenvalue weighted by Crippen LogP contribution is -2.44. The average Bonchev–Trinajstić information content (AvgIpc) is 3.05. The molecule has 1 fully saturated rings. The van der Waals surface area contributed by atoms with Crippen LogP contribution in [-0.2, 0) is 4.79 Å². The van der Waals surface area contributed by atoms with Crippen LogP contribution in [0.4, 0.5) is 11.4 Å². The van der Waals surface area contributed by atoms with Crippen molar-refractivity contribution >= 4 is 28.2 Å². The maximum absolute atomic E-state index is 13.0. The van der Waals surface area contributed by atoms with Crippen molar-refractivity contribution in [3.8, 4) is 6.07 Å². The van der Waals surface area contributed by atoms with E-state index in [2.05, 4.69) is 26.2 Å². The zero-order chi connectivity index (χ0) is 20.9.